The van der Waals surface area contributed by atoms with Crippen molar-refractivity contribution >= 4 is 40.9 Å². The monoisotopic (exact) mass is 527 g/mol. The number of carbonyl (C=O) groups is 1. The number of thioether (sulfide) groups is 1. The van der Waals surface area contributed by atoms with E-state index in [0.29, 0.717) is 28.0 Å². The molecule has 0 radical (unpaired) electrons. The van der Waals surface area contributed by atoms with Crippen molar-refractivity contribution in [2.45, 2.75) is 24.1 Å². The molecular weight excluding hydrogens is 505 g/mol. The van der Waals surface area contributed by atoms with Crippen molar-refractivity contribution in [2.24, 2.45) is 0 Å². The van der Waals surface area contributed by atoms with Crippen LogP contribution in [0.3, 0.4) is 0 Å². The molecule has 0 aliphatic carbocycles. The average molecular weight is 528 g/mol. The van der Waals surface area contributed by atoms with Crippen LogP contribution >= 0.6 is 35.0 Å². The zero-order valence-electron chi connectivity index (χ0n) is 19.2. The first-order valence-electron chi connectivity index (χ1n) is 10.9. The van der Waals surface area contributed by atoms with Gasteiger partial charge in [0.15, 0.2) is 5.69 Å². The van der Waals surface area contributed by atoms with E-state index in [9.17, 15) is 4.79 Å². The number of methoxy groups -OCH3 is 1. The first kappa shape index (κ1) is 25.1. The van der Waals surface area contributed by atoms with Gasteiger partial charge >= 0.3 is 5.97 Å². The summed E-state index contributed by atoms with van der Waals surface area (Å²) in [7, 11) is 1.63. The molecule has 0 spiro atoms. The number of carbonyl (C=O) groups excluding carboxylic acids is 1. The molecule has 9 heteroatoms. The predicted octanol–water partition coefficient (Wildman–Crippen LogP) is 6.78. The first-order valence-corrected chi connectivity index (χ1v) is 12.6. The first-order chi connectivity index (χ1) is 17.0. The van der Waals surface area contributed by atoms with E-state index in [4.69, 9.17) is 32.7 Å². The van der Waals surface area contributed by atoms with Gasteiger partial charge in [0.25, 0.3) is 0 Å². The topological polar surface area (TPSA) is 66.2 Å². The van der Waals surface area contributed by atoms with Crippen molar-refractivity contribution in [3.05, 3.63) is 93.7 Å². The third kappa shape index (κ3) is 6.17. The molecule has 35 heavy (non-hydrogen) atoms. The van der Waals surface area contributed by atoms with Crippen LogP contribution in [0.25, 0.3) is 11.1 Å². The molecule has 1 aromatic heterocycles. The van der Waals surface area contributed by atoms with Crippen LogP contribution in [0.4, 0.5) is 0 Å². The van der Waals surface area contributed by atoms with Gasteiger partial charge in [-0.15, -0.1) is 16.9 Å². The number of esters is 1. The highest BCUT2D eigenvalue weighted by Gasteiger charge is 2.21. The number of rotatable bonds is 9. The number of hydrogen-bond donors (Lipinski definition) is 0. The molecule has 0 bridgehead atoms. The highest BCUT2D eigenvalue weighted by Crippen LogP contribution is 2.31. The fourth-order valence-electron chi connectivity index (χ4n) is 3.44. The van der Waals surface area contributed by atoms with Gasteiger partial charge in [0.1, 0.15) is 5.75 Å². The second kappa shape index (κ2) is 11.6. The fourth-order valence-corrected chi connectivity index (χ4v) is 4.65. The SMILES string of the molecule is CCOC(=O)c1nnn(Cc2ccc(OC)cc2)c1CSc1ccc(-c2ccc(Cl)c(Cl)c2)cc1. The van der Waals surface area contributed by atoms with Gasteiger partial charge in [0.05, 0.1) is 36.0 Å². The van der Waals surface area contributed by atoms with E-state index in [1.165, 1.54) is 0 Å². The maximum absolute atomic E-state index is 12.5. The van der Waals surface area contributed by atoms with Crippen LogP contribution in [0.5, 0.6) is 5.75 Å². The Morgan fingerprint density at radius 3 is 2.34 bits per heavy atom. The molecule has 0 N–H and O–H groups in total. The van der Waals surface area contributed by atoms with Gasteiger partial charge in [-0.1, -0.05) is 58.7 Å². The lowest BCUT2D eigenvalue weighted by Crippen LogP contribution is -2.11. The molecule has 0 saturated heterocycles. The van der Waals surface area contributed by atoms with Gasteiger partial charge in [-0.2, -0.15) is 0 Å². The van der Waals surface area contributed by atoms with Gasteiger partial charge in [-0.3, -0.25) is 0 Å². The van der Waals surface area contributed by atoms with Crippen molar-refractivity contribution < 1.29 is 14.3 Å². The Morgan fingerprint density at radius 1 is 0.971 bits per heavy atom. The summed E-state index contributed by atoms with van der Waals surface area (Å²) < 4.78 is 12.2. The van der Waals surface area contributed by atoms with Gasteiger partial charge < -0.3 is 9.47 Å². The second-order valence-electron chi connectivity index (χ2n) is 7.55. The maximum atomic E-state index is 12.5. The standard InChI is InChI=1S/C26H23Cl2N3O3S/c1-3-34-26(32)25-24(31(30-29-25)15-17-4-9-20(33-2)10-5-17)16-35-21-11-6-18(7-12-21)19-8-13-22(27)23(28)14-19/h4-14H,3,15-16H2,1-2H3. The van der Waals surface area contributed by atoms with Crippen LogP contribution in [0, 0.1) is 0 Å². The Kier molecular flexibility index (Phi) is 8.33. The number of aromatic nitrogens is 3. The van der Waals surface area contributed by atoms with Crippen molar-refractivity contribution in [3.63, 3.8) is 0 Å². The summed E-state index contributed by atoms with van der Waals surface area (Å²) in [5.41, 5.74) is 3.98. The van der Waals surface area contributed by atoms with E-state index in [-0.39, 0.29) is 12.3 Å². The molecule has 4 rings (SSSR count). The van der Waals surface area contributed by atoms with E-state index in [0.717, 1.165) is 27.3 Å². The summed E-state index contributed by atoms with van der Waals surface area (Å²) in [6.07, 6.45) is 0. The summed E-state index contributed by atoms with van der Waals surface area (Å²) in [5, 5.41) is 9.41. The van der Waals surface area contributed by atoms with Crippen molar-refractivity contribution in [2.75, 3.05) is 13.7 Å². The predicted molar refractivity (Wildman–Crippen MR) is 140 cm³/mol. The Balaban J connectivity index is 1.53. The molecule has 1 heterocycles. The lowest BCUT2D eigenvalue weighted by Gasteiger charge is -2.10. The number of nitrogens with zero attached hydrogens (tertiary/aromatic N) is 3. The van der Waals surface area contributed by atoms with Crippen LogP contribution in [0.2, 0.25) is 10.0 Å². The Morgan fingerprint density at radius 2 is 1.69 bits per heavy atom. The van der Waals surface area contributed by atoms with E-state index < -0.39 is 5.97 Å². The zero-order valence-corrected chi connectivity index (χ0v) is 21.5. The van der Waals surface area contributed by atoms with E-state index in [1.807, 2.05) is 60.7 Å². The molecule has 0 amide bonds. The van der Waals surface area contributed by atoms with E-state index >= 15 is 0 Å². The summed E-state index contributed by atoms with van der Waals surface area (Å²) in [4.78, 5) is 13.5. The molecule has 180 valence electrons. The Bertz CT molecular complexity index is 1310. The number of benzene rings is 3. The number of ether oxygens (including phenoxy) is 2. The summed E-state index contributed by atoms with van der Waals surface area (Å²) in [6, 6.07) is 21.4. The Hall–Kier alpha value is -3.00. The molecule has 0 atom stereocenters. The van der Waals surface area contributed by atoms with Crippen LogP contribution in [0.1, 0.15) is 28.7 Å². The minimum atomic E-state index is -0.473. The molecule has 6 nitrogen and oxygen atoms in total. The second-order valence-corrected chi connectivity index (χ2v) is 9.42. The number of hydrogen-bond acceptors (Lipinski definition) is 6. The van der Waals surface area contributed by atoms with Crippen molar-refractivity contribution in [3.8, 4) is 16.9 Å². The molecule has 0 aliphatic heterocycles. The van der Waals surface area contributed by atoms with E-state index in [2.05, 4.69) is 10.3 Å². The van der Waals surface area contributed by atoms with Crippen LogP contribution < -0.4 is 4.74 Å². The minimum absolute atomic E-state index is 0.236. The van der Waals surface area contributed by atoms with Crippen molar-refractivity contribution in [1.82, 2.24) is 15.0 Å². The van der Waals surface area contributed by atoms with Gasteiger partial charge in [0.2, 0.25) is 0 Å². The molecule has 0 saturated carbocycles. The summed E-state index contributed by atoms with van der Waals surface area (Å²) in [6.45, 7) is 2.51. The molecule has 3 aromatic carbocycles. The zero-order chi connectivity index (χ0) is 24.8. The molecule has 0 fully saturated rings. The van der Waals surface area contributed by atoms with Crippen LogP contribution in [-0.4, -0.2) is 34.7 Å². The average Bonchev–Trinajstić information content (AvgIpc) is 3.27. The van der Waals surface area contributed by atoms with Crippen molar-refractivity contribution in [1.29, 1.82) is 0 Å². The highest BCUT2D eigenvalue weighted by molar-refractivity contribution is 7.98. The minimum Gasteiger partial charge on any atom is -0.497 e. The quantitative estimate of drug-likeness (QED) is 0.176. The summed E-state index contributed by atoms with van der Waals surface area (Å²) in [5.74, 6) is 0.808. The molecule has 4 aromatic rings. The number of halogens is 2. The Labute approximate surface area is 218 Å². The van der Waals surface area contributed by atoms with Gasteiger partial charge in [-0.05, 0) is 60.0 Å². The summed E-state index contributed by atoms with van der Waals surface area (Å²) >= 11 is 13.8. The maximum Gasteiger partial charge on any atom is 0.360 e. The van der Waals surface area contributed by atoms with Gasteiger partial charge in [0, 0.05) is 10.6 Å². The molecule has 0 aliphatic rings. The normalized spacial score (nSPS) is 10.9. The van der Waals surface area contributed by atoms with Crippen LogP contribution in [-0.2, 0) is 17.0 Å². The lowest BCUT2D eigenvalue weighted by atomic mass is 10.1. The largest absolute Gasteiger partial charge is 0.497 e. The smallest absolute Gasteiger partial charge is 0.360 e. The molecule has 0 unspecified atom stereocenters. The lowest BCUT2D eigenvalue weighted by molar-refractivity contribution is 0.0518. The third-order valence-corrected chi connectivity index (χ3v) is 7.04. The fraction of sp³-hybridized carbons (Fsp3) is 0.192. The van der Waals surface area contributed by atoms with Gasteiger partial charge in [-0.25, -0.2) is 9.48 Å². The highest BCUT2D eigenvalue weighted by atomic mass is 35.5. The molecular formula is C26H23Cl2N3O3S. The third-order valence-electron chi connectivity index (χ3n) is 5.28. The van der Waals surface area contributed by atoms with Crippen LogP contribution in [0.15, 0.2) is 71.6 Å². The van der Waals surface area contributed by atoms with E-state index in [1.54, 1.807) is 36.5 Å².